The van der Waals surface area contributed by atoms with Crippen molar-refractivity contribution in [3.8, 4) is 11.3 Å². The fourth-order valence-electron chi connectivity index (χ4n) is 2.50. The average molecular weight is 352 g/mol. The summed E-state index contributed by atoms with van der Waals surface area (Å²) < 4.78 is 13.2. The van der Waals surface area contributed by atoms with Crippen LogP contribution < -0.4 is 5.32 Å². The summed E-state index contributed by atoms with van der Waals surface area (Å²) in [5.74, 6) is -0.512. The van der Waals surface area contributed by atoms with Gasteiger partial charge in [-0.05, 0) is 35.9 Å². The highest BCUT2D eigenvalue weighted by Crippen LogP contribution is 2.27. The molecular formula is C18H13FN4OS. The minimum atomic E-state index is -0.315. The van der Waals surface area contributed by atoms with Crippen LogP contribution in [0.5, 0.6) is 0 Å². The van der Waals surface area contributed by atoms with Gasteiger partial charge in [-0.25, -0.2) is 9.37 Å². The highest BCUT2D eigenvalue weighted by atomic mass is 32.1. The van der Waals surface area contributed by atoms with Crippen LogP contribution in [0, 0.1) is 5.82 Å². The number of benzene rings is 1. The highest BCUT2D eigenvalue weighted by Gasteiger charge is 2.12. The standard InChI is InChI=1S/C18H13FN4OS/c19-14-3-1-2-11(6-14)8-20-17(24)16-7-12-4-5-15(23-18(12)25-16)13-9-21-22-10-13/h1-7,9-10H,8H2,(H,20,24)(H,21,22). The molecule has 3 aromatic heterocycles. The van der Waals surface area contributed by atoms with Gasteiger partial charge < -0.3 is 5.32 Å². The lowest BCUT2D eigenvalue weighted by atomic mass is 10.2. The molecule has 7 heteroatoms. The summed E-state index contributed by atoms with van der Waals surface area (Å²) in [7, 11) is 0. The molecule has 124 valence electrons. The fraction of sp³-hybridized carbons (Fsp3) is 0.0556. The molecule has 0 spiro atoms. The molecule has 0 fully saturated rings. The van der Waals surface area contributed by atoms with Crippen LogP contribution >= 0.6 is 11.3 Å². The van der Waals surface area contributed by atoms with E-state index < -0.39 is 0 Å². The maximum atomic E-state index is 13.2. The molecule has 0 radical (unpaired) electrons. The summed E-state index contributed by atoms with van der Waals surface area (Å²) >= 11 is 1.33. The summed E-state index contributed by atoms with van der Waals surface area (Å²) in [6.45, 7) is 0.276. The molecule has 2 N–H and O–H groups in total. The number of nitrogens with zero attached hydrogens (tertiary/aromatic N) is 2. The molecule has 5 nitrogen and oxygen atoms in total. The first kappa shape index (κ1) is 15.5. The van der Waals surface area contributed by atoms with Crippen molar-refractivity contribution in [2.75, 3.05) is 0 Å². The van der Waals surface area contributed by atoms with E-state index in [2.05, 4.69) is 20.5 Å². The minimum Gasteiger partial charge on any atom is -0.347 e. The van der Waals surface area contributed by atoms with E-state index in [4.69, 9.17) is 0 Å². The normalized spacial score (nSPS) is 10.9. The monoisotopic (exact) mass is 352 g/mol. The van der Waals surface area contributed by atoms with E-state index in [0.717, 1.165) is 27.0 Å². The summed E-state index contributed by atoms with van der Waals surface area (Å²) in [4.78, 5) is 18.3. The Bertz CT molecular complexity index is 1040. The van der Waals surface area contributed by atoms with E-state index in [1.54, 1.807) is 24.5 Å². The molecular weight excluding hydrogens is 339 g/mol. The molecule has 0 atom stereocenters. The van der Waals surface area contributed by atoms with Gasteiger partial charge in [-0.15, -0.1) is 11.3 Å². The summed E-state index contributed by atoms with van der Waals surface area (Å²) in [5, 5.41) is 10.4. The maximum absolute atomic E-state index is 13.2. The summed E-state index contributed by atoms with van der Waals surface area (Å²) in [6.07, 6.45) is 3.47. The number of carbonyl (C=O) groups excluding carboxylic acids is 1. The van der Waals surface area contributed by atoms with Crippen molar-refractivity contribution >= 4 is 27.5 Å². The molecule has 25 heavy (non-hydrogen) atoms. The van der Waals surface area contributed by atoms with Gasteiger partial charge in [-0.3, -0.25) is 9.89 Å². The van der Waals surface area contributed by atoms with E-state index in [1.165, 1.54) is 23.5 Å². The van der Waals surface area contributed by atoms with E-state index in [1.807, 2.05) is 18.2 Å². The number of fused-ring (bicyclic) bond motifs is 1. The third kappa shape index (κ3) is 3.27. The van der Waals surface area contributed by atoms with E-state index in [0.29, 0.717) is 4.88 Å². The van der Waals surface area contributed by atoms with Crippen molar-refractivity contribution in [3.05, 3.63) is 71.1 Å². The topological polar surface area (TPSA) is 70.7 Å². The predicted molar refractivity (Wildman–Crippen MR) is 94.8 cm³/mol. The molecule has 0 aliphatic carbocycles. The van der Waals surface area contributed by atoms with Crippen LogP contribution in [0.4, 0.5) is 4.39 Å². The van der Waals surface area contributed by atoms with Crippen molar-refractivity contribution < 1.29 is 9.18 Å². The van der Waals surface area contributed by atoms with Gasteiger partial charge in [0.05, 0.1) is 16.8 Å². The number of amides is 1. The molecule has 4 aromatic rings. The first-order chi connectivity index (χ1) is 12.2. The van der Waals surface area contributed by atoms with Gasteiger partial charge in [-0.1, -0.05) is 12.1 Å². The zero-order valence-corrected chi connectivity index (χ0v) is 13.8. The Balaban J connectivity index is 1.53. The van der Waals surface area contributed by atoms with Gasteiger partial charge in [0.25, 0.3) is 5.91 Å². The van der Waals surface area contributed by atoms with E-state index >= 15 is 0 Å². The third-order valence-corrected chi connectivity index (χ3v) is 4.79. The number of hydrogen-bond donors (Lipinski definition) is 2. The molecule has 0 aliphatic rings. The number of hydrogen-bond acceptors (Lipinski definition) is 4. The Morgan fingerprint density at radius 2 is 2.16 bits per heavy atom. The molecule has 1 amide bonds. The van der Waals surface area contributed by atoms with Gasteiger partial charge in [0.1, 0.15) is 10.6 Å². The van der Waals surface area contributed by atoms with Crippen molar-refractivity contribution in [1.29, 1.82) is 0 Å². The maximum Gasteiger partial charge on any atom is 0.261 e. The van der Waals surface area contributed by atoms with Crippen molar-refractivity contribution in [2.24, 2.45) is 0 Å². The van der Waals surface area contributed by atoms with Crippen LogP contribution in [0.25, 0.3) is 21.5 Å². The van der Waals surface area contributed by atoms with Crippen LogP contribution in [-0.2, 0) is 6.54 Å². The molecule has 0 saturated heterocycles. The largest absolute Gasteiger partial charge is 0.347 e. The number of thiophene rings is 1. The zero-order chi connectivity index (χ0) is 17.2. The van der Waals surface area contributed by atoms with Crippen molar-refractivity contribution in [1.82, 2.24) is 20.5 Å². The van der Waals surface area contributed by atoms with Crippen LogP contribution in [0.15, 0.2) is 54.9 Å². The predicted octanol–water partition coefficient (Wildman–Crippen LogP) is 3.76. The Kier molecular flexibility index (Phi) is 3.99. The van der Waals surface area contributed by atoms with Crippen LogP contribution in [-0.4, -0.2) is 21.1 Å². The van der Waals surface area contributed by atoms with Gasteiger partial charge >= 0.3 is 0 Å². The highest BCUT2D eigenvalue weighted by molar-refractivity contribution is 7.20. The SMILES string of the molecule is O=C(NCc1cccc(F)c1)c1cc2ccc(-c3cn[nH]c3)nc2s1. The molecule has 0 bridgehead atoms. The third-order valence-electron chi connectivity index (χ3n) is 3.74. The smallest absolute Gasteiger partial charge is 0.261 e. The quantitative estimate of drug-likeness (QED) is 0.587. The van der Waals surface area contributed by atoms with Crippen molar-refractivity contribution in [3.63, 3.8) is 0 Å². The lowest BCUT2D eigenvalue weighted by Crippen LogP contribution is -2.21. The Morgan fingerprint density at radius 1 is 1.24 bits per heavy atom. The van der Waals surface area contributed by atoms with Gasteiger partial charge in [0.15, 0.2) is 0 Å². The second-order valence-corrected chi connectivity index (χ2v) is 6.53. The van der Waals surface area contributed by atoms with Crippen LogP contribution in [0.1, 0.15) is 15.2 Å². The molecule has 4 rings (SSSR count). The number of carbonyl (C=O) groups is 1. The van der Waals surface area contributed by atoms with Gasteiger partial charge in [-0.2, -0.15) is 5.10 Å². The van der Waals surface area contributed by atoms with Crippen LogP contribution in [0.3, 0.4) is 0 Å². The summed E-state index contributed by atoms with van der Waals surface area (Å²) in [5.41, 5.74) is 2.41. The Morgan fingerprint density at radius 3 is 2.96 bits per heavy atom. The van der Waals surface area contributed by atoms with E-state index in [9.17, 15) is 9.18 Å². The fourth-order valence-corrected chi connectivity index (χ4v) is 3.45. The van der Waals surface area contributed by atoms with Crippen molar-refractivity contribution in [2.45, 2.75) is 6.54 Å². The number of H-pyrrole nitrogens is 1. The van der Waals surface area contributed by atoms with Gasteiger partial charge in [0, 0.05) is 23.7 Å². The number of halogens is 1. The average Bonchev–Trinajstić information content (AvgIpc) is 3.28. The zero-order valence-electron chi connectivity index (χ0n) is 13.0. The second-order valence-electron chi connectivity index (χ2n) is 5.50. The Hall–Kier alpha value is -3.06. The summed E-state index contributed by atoms with van der Waals surface area (Å²) in [6, 6.07) is 11.8. The first-order valence-corrected chi connectivity index (χ1v) is 8.43. The molecule has 0 aliphatic heterocycles. The molecule has 0 unspecified atom stereocenters. The Labute approximate surface area is 146 Å². The number of nitrogens with one attached hydrogen (secondary N) is 2. The lowest BCUT2D eigenvalue weighted by molar-refractivity contribution is 0.0955. The number of aromatic nitrogens is 3. The van der Waals surface area contributed by atoms with E-state index in [-0.39, 0.29) is 18.3 Å². The van der Waals surface area contributed by atoms with Crippen LogP contribution in [0.2, 0.25) is 0 Å². The molecule has 3 heterocycles. The molecule has 1 aromatic carbocycles. The first-order valence-electron chi connectivity index (χ1n) is 7.61. The molecule has 0 saturated carbocycles. The minimum absolute atomic E-state index is 0.197. The number of rotatable bonds is 4. The number of aromatic amines is 1. The lowest BCUT2D eigenvalue weighted by Gasteiger charge is -2.03. The number of pyridine rings is 1. The van der Waals surface area contributed by atoms with Gasteiger partial charge in [0.2, 0.25) is 0 Å². The second kappa shape index (κ2) is 6.45.